The van der Waals surface area contributed by atoms with Gasteiger partial charge in [-0.05, 0) is 43.7 Å². The lowest BCUT2D eigenvalue weighted by molar-refractivity contribution is -0.135. The van der Waals surface area contributed by atoms with E-state index in [1.54, 1.807) is 17.0 Å². The smallest absolute Gasteiger partial charge is 0.226 e. The molecule has 0 bridgehead atoms. The molecule has 0 unspecified atom stereocenters. The molecule has 2 rings (SSSR count). The Hall–Kier alpha value is -1.26. The molecule has 1 saturated heterocycles. The van der Waals surface area contributed by atoms with Gasteiger partial charge in [-0.25, -0.2) is 0 Å². The second kappa shape index (κ2) is 7.50. The highest BCUT2D eigenvalue weighted by molar-refractivity contribution is 6.30. The minimum absolute atomic E-state index is 0.115. The first-order chi connectivity index (χ1) is 9.66. The summed E-state index contributed by atoms with van der Waals surface area (Å²) in [6, 6.07) is 7.24. The molecule has 1 fully saturated rings. The lowest BCUT2D eigenvalue weighted by atomic mass is 9.98. The fraction of sp³-hybridized carbons (Fsp3) is 0.533. The standard InChI is InChI=1S/C15H21ClN2O2/c1-18(15(19)12-3-2-8-17-11-12)9-10-20-14-6-4-13(16)5-7-14/h4-7,12,17H,2-3,8-11H2,1H3/t12-/m0/s1. The molecule has 20 heavy (non-hydrogen) atoms. The Morgan fingerprint density at radius 1 is 1.45 bits per heavy atom. The lowest BCUT2D eigenvalue weighted by Crippen LogP contribution is -2.42. The average molecular weight is 297 g/mol. The molecule has 1 aliphatic rings. The van der Waals surface area contributed by atoms with Gasteiger partial charge in [-0.15, -0.1) is 0 Å². The maximum Gasteiger partial charge on any atom is 0.226 e. The fourth-order valence-electron chi connectivity index (χ4n) is 2.32. The summed E-state index contributed by atoms with van der Waals surface area (Å²) in [6.45, 7) is 2.90. The molecule has 1 amide bonds. The summed E-state index contributed by atoms with van der Waals surface area (Å²) >= 11 is 5.81. The van der Waals surface area contributed by atoms with Crippen LogP contribution in [0.5, 0.6) is 5.75 Å². The normalized spacial score (nSPS) is 18.6. The molecule has 4 nitrogen and oxygen atoms in total. The van der Waals surface area contributed by atoms with E-state index in [1.807, 2.05) is 19.2 Å². The number of piperidine rings is 1. The van der Waals surface area contributed by atoms with Gasteiger partial charge in [-0.3, -0.25) is 4.79 Å². The van der Waals surface area contributed by atoms with Crippen LogP contribution in [0.3, 0.4) is 0 Å². The first-order valence-corrected chi connectivity index (χ1v) is 7.38. The second-order valence-electron chi connectivity index (χ2n) is 5.11. The number of amides is 1. The van der Waals surface area contributed by atoms with Crippen LogP contribution in [0.4, 0.5) is 0 Å². The van der Waals surface area contributed by atoms with Gasteiger partial charge in [-0.1, -0.05) is 11.6 Å². The monoisotopic (exact) mass is 296 g/mol. The molecule has 0 radical (unpaired) electrons. The quantitative estimate of drug-likeness (QED) is 0.905. The van der Waals surface area contributed by atoms with Gasteiger partial charge in [0.15, 0.2) is 0 Å². The van der Waals surface area contributed by atoms with Crippen LogP contribution in [0.2, 0.25) is 5.02 Å². The molecule has 1 N–H and O–H groups in total. The van der Waals surface area contributed by atoms with Crippen molar-refractivity contribution in [1.29, 1.82) is 0 Å². The largest absolute Gasteiger partial charge is 0.492 e. The molecule has 0 aliphatic carbocycles. The molecule has 1 atom stereocenters. The number of nitrogens with one attached hydrogen (secondary N) is 1. The number of hydrogen-bond donors (Lipinski definition) is 1. The maximum absolute atomic E-state index is 12.2. The van der Waals surface area contributed by atoms with Crippen molar-refractivity contribution in [2.45, 2.75) is 12.8 Å². The van der Waals surface area contributed by atoms with Crippen molar-refractivity contribution in [1.82, 2.24) is 10.2 Å². The summed E-state index contributed by atoms with van der Waals surface area (Å²) in [5.41, 5.74) is 0. The Kier molecular flexibility index (Phi) is 5.68. The van der Waals surface area contributed by atoms with Gasteiger partial charge < -0.3 is 15.0 Å². The molecule has 1 heterocycles. The molecular formula is C15H21ClN2O2. The van der Waals surface area contributed by atoms with Gasteiger partial charge in [0.25, 0.3) is 0 Å². The van der Waals surface area contributed by atoms with Crippen molar-refractivity contribution in [2.24, 2.45) is 5.92 Å². The van der Waals surface area contributed by atoms with Crippen LogP contribution in [0.1, 0.15) is 12.8 Å². The van der Waals surface area contributed by atoms with Crippen molar-refractivity contribution in [3.05, 3.63) is 29.3 Å². The third-order valence-corrected chi connectivity index (χ3v) is 3.78. The Morgan fingerprint density at radius 3 is 2.85 bits per heavy atom. The van der Waals surface area contributed by atoms with Crippen molar-refractivity contribution < 1.29 is 9.53 Å². The number of rotatable bonds is 5. The van der Waals surface area contributed by atoms with E-state index >= 15 is 0 Å². The Labute approximate surface area is 125 Å². The summed E-state index contributed by atoms with van der Waals surface area (Å²) < 4.78 is 5.60. The van der Waals surface area contributed by atoms with Crippen LogP contribution < -0.4 is 10.1 Å². The van der Waals surface area contributed by atoms with Crippen molar-refractivity contribution in [3.63, 3.8) is 0 Å². The van der Waals surface area contributed by atoms with Crippen molar-refractivity contribution in [3.8, 4) is 5.75 Å². The number of carbonyl (C=O) groups excluding carboxylic acids is 1. The second-order valence-corrected chi connectivity index (χ2v) is 5.54. The topological polar surface area (TPSA) is 41.6 Å². The summed E-state index contributed by atoms with van der Waals surface area (Å²) in [4.78, 5) is 14.0. The number of benzene rings is 1. The van der Waals surface area contributed by atoms with Crippen molar-refractivity contribution >= 4 is 17.5 Å². The number of nitrogens with zero attached hydrogens (tertiary/aromatic N) is 1. The lowest BCUT2D eigenvalue weighted by Gasteiger charge is -2.27. The van der Waals surface area contributed by atoms with E-state index in [0.29, 0.717) is 18.2 Å². The molecule has 1 aromatic rings. The number of likely N-dealkylation sites (N-methyl/N-ethyl adjacent to an activating group) is 1. The predicted octanol–water partition coefficient (Wildman–Crippen LogP) is 2.18. The Morgan fingerprint density at radius 2 is 2.20 bits per heavy atom. The van der Waals surface area contributed by atoms with Crippen LogP contribution in [0, 0.1) is 5.92 Å². The van der Waals surface area contributed by atoms with Crippen molar-refractivity contribution in [2.75, 3.05) is 33.3 Å². The minimum atomic E-state index is 0.115. The summed E-state index contributed by atoms with van der Waals surface area (Å²) in [7, 11) is 1.84. The zero-order valence-corrected chi connectivity index (χ0v) is 12.5. The highest BCUT2D eigenvalue weighted by atomic mass is 35.5. The molecule has 5 heteroatoms. The van der Waals surface area contributed by atoms with E-state index in [9.17, 15) is 4.79 Å². The molecule has 1 aromatic carbocycles. The third kappa shape index (κ3) is 4.39. The molecule has 1 aliphatic heterocycles. The SMILES string of the molecule is CN(CCOc1ccc(Cl)cc1)C(=O)[C@H]1CCCNC1. The number of carbonyl (C=O) groups is 1. The zero-order valence-electron chi connectivity index (χ0n) is 11.8. The van der Waals surface area contributed by atoms with Gasteiger partial charge in [0, 0.05) is 18.6 Å². The maximum atomic E-state index is 12.2. The molecular weight excluding hydrogens is 276 g/mol. The van der Waals surface area contributed by atoms with E-state index in [4.69, 9.17) is 16.3 Å². The van der Waals surface area contributed by atoms with Gasteiger partial charge in [-0.2, -0.15) is 0 Å². The molecule has 0 saturated carbocycles. The van der Waals surface area contributed by atoms with Gasteiger partial charge in [0.1, 0.15) is 12.4 Å². The minimum Gasteiger partial charge on any atom is -0.492 e. The zero-order chi connectivity index (χ0) is 14.4. The van der Waals surface area contributed by atoms with E-state index in [-0.39, 0.29) is 11.8 Å². The number of hydrogen-bond acceptors (Lipinski definition) is 3. The van der Waals surface area contributed by atoms with Crippen LogP contribution in [0.15, 0.2) is 24.3 Å². The van der Waals surface area contributed by atoms with Crippen LogP contribution in [-0.4, -0.2) is 44.1 Å². The summed E-state index contributed by atoms with van der Waals surface area (Å²) in [5, 5.41) is 3.96. The third-order valence-electron chi connectivity index (χ3n) is 3.53. The van der Waals surface area contributed by atoms with E-state index in [0.717, 1.165) is 31.7 Å². The fourth-order valence-corrected chi connectivity index (χ4v) is 2.44. The Balaban J connectivity index is 1.72. The van der Waals surface area contributed by atoms with Gasteiger partial charge in [0.05, 0.1) is 12.5 Å². The first-order valence-electron chi connectivity index (χ1n) is 7.01. The number of ether oxygens (including phenoxy) is 1. The average Bonchev–Trinajstić information content (AvgIpc) is 2.49. The predicted molar refractivity (Wildman–Crippen MR) is 80.2 cm³/mol. The van der Waals surface area contributed by atoms with E-state index in [1.165, 1.54) is 0 Å². The molecule has 110 valence electrons. The first kappa shape index (κ1) is 15.1. The van der Waals surface area contributed by atoms with E-state index < -0.39 is 0 Å². The van der Waals surface area contributed by atoms with Gasteiger partial charge in [0.2, 0.25) is 5.91 Å². The van der Waals surface area contributed by atoms with E-state index in [2.05, 4.69) is 5.32 Å². The van der Waals surface area contributed by atoms with Crippen LogP contribution in [0.25, 0.3) is 0 Å². The van der Waals surface area contributed by atoms with Gasteiger partial charge >= 0.3 is 0 Å². The summed E-state index contributed by atoms with van der Waals surface area (Å²) in [5.74, 6) is 1.09. The molecule has 0 spiro atoms. The summed E-state index contributed by atoms with van der Waals surface area (Å²) in [6.07, 6.45) is 2.06. The van der Waals surface area contributed by atoms with Crippen LogP contribution in [-0.2, 0) is 4.79 Å². The Bertz CT molecular complexity index is 430. The van der Waals surface area contributed by atoms with Crippen LogP contribution >= 0.6 is 11.6 Å². The highest BCUT2D eigenvalue weighted by Gasteiger charge is 2.23. The highest BCUT2D eigenvalue weighted by Crippen LogP contribution is 2.16. The number of halogens is 1. The molecule has 0 aromatic heterocycles.